The molecule has 1 aromatic heterocycles. The summed E-state index contributed by atoms with van der Waals surface area (Å²) in [4.78, 5) is 19.1. The Bertz CT molecular complexity index is 1390. The molecule has 8 nitrogen and oxygen atoms in total. The third-order valence-electron chi connectivity index (χ3n) is 6.77. The maximum atomic E-state index is 16.0. The van der Waals surface area contributed by atoms with Crippen LogP contribution in [0.5, 0.6) is 0 Å². The number of amides is 1. The number of nitrogens with zero attached hydrogens (tertiary/aromatic N) is 6. The Balaban J connectivity index is 1.87. The topological polar surface area (TPSA) is 110 Å². The lowest BCUT2D eigenvalue weighted by Gasteiger charge is -2.33. The molecule has 0 aliphatic carbocycles. The van der Waals surface area contributed by atoms with Gasteiger partial charge in [-0.2, -0.15) is 15.6 Å². The van der Waals surface area contributed by atoms with Gasteiger partial charge in [0, 0.05) is 36.6 Å². The zero-order valence-electron chi connectivity index (χ0n) is 20.0. The first-order chi connectivity index (χ1) is 16.7. The Hall–Kier alpha value is -3.95. The van der Waals surface area contributed by atoms with E-state index < -0.39 is 17.6 Å². The fraction of sp³-hybridized carbons (Fsp3) is 0.320. The molecule has 4 rings (SSSR count). The molecule has 1 N–H and O–H groups in total. The van der Waals surface area contributed by atoms with Crippen molar-refractivity contribution in [2.45, 2.75) is 39.7 Å². The summed E-state index contributed by atoms with van der Waals surface area (Å²) in [6.45, 7) is 5.60. The molecule has 3 heterocycles. The zero-order valence-corrected chi connectivity index (χ0v) is 20.7. The number of nitrogens with one attached hydrogen (secondary N) is 1. The van der Waals surface area contributed by atoms with Crippen molar-refractivity contribution in [3.63, 3.8) is 0 Å². The molecular formula is C25H23ClFN7O. The number of aromatic nitrogens is 2. The summed E-state index contributed by atoms with van der Waals surface area (Å²) < 4.78 is 17.3. The van der Waals surface area contributed by atoms with E-state index >= 15 is 4.39 Å². The summed E-state index contributed by atoms with van der Waals surface area (Å²) in [6.07, 6.45) is 1.76. The highest BCUT2D eigenvalue weighted by atomic mass is 35.5. The molecule has 0 bridgehead atoms. The second-order valence-electron chi connectivity index (χ2n) is 8.44. The number of aliphatic imine (C=N–C) groups is 1. The highest BCUT2D eigenvalue weighted by Gasteiger charge is 2.36. The second-order valence-corrected chi connectivity index (χ2v) is 8.84. The lowest BCUT2D eigenvalue weighted by molar-refractivity contribution is 0.0968. The van der Waals surface area contributed by atoms with E-state index in [1.807, 2.05) is 6.92 Å². The Morgan fingerprint density at radius 2 is 1.89 bits per heavy atom. The first-order valence-electron chi connectivity index (χ1n) is 11.0. The molecule has 1 amide bonds. The molecule has 0 atom stereocenters. The predicted molar refractivity (Wildman–Crippen MR) is 129 cm³/mol. The molecule has 0 fully saturated rings. The average molecular weight is 492 g/mol. The summed E-state index contributed by atoms with van der Waals surface area (Å²) in [5, 5.41) is 26.9. The van der Waals surface area contributed by atoms with Crippen LogP contribution in [-0.4, -0.2) is 33.5 Å². The van der Waals surface area contributed by atoms with Crippen LogP contribution in [0, 0.1) is 28.5 Å². The number of allylic oxidation sites excluding steroid dienone is 4. The number of nitriles is 2. The van der Waals surface area contributed by atoms with Gasteiger partial charge in [-0.1, -0.05) is 18.5 Å². The van der Waals surface area contributed by atoms with Crippen LogP contribution in [0.25, 0.3) is 0 Å². The molecule has 2 aromatic rings. The summed E-state index contributed by atoms with van der Waals surface area (Å²) in [5.41, 5.74) is 3.98. The van der Waals surface area contributed by atoms with E-state index in [1.54, 1.807) is 38.9 Å². The van der Waals surface area contributed by atoms with Crippen molar-refractivity contribution in [2.24, 2.45) is 12.0 Å². The van der Waals surface area contributed by atoms with Crippen molar-refractivity contribution in [1.29, 1.82) is 10.5 Å². The lowest BCUT2D eigenvalue weighted by atomic mass is 9.78. The summed E-state index contributed by atoms with van der Waals surface area (Å²) in [7, 11) is 3.38. The van der Waals surface area contributed by atoms with Crippen LogP contribution in [0.1, 0.15) is 59.4 Å². The van der Waals surface area contributed by atoms with E-state index in [0.717, 1.165) is 0 Å². The summed E-state index contributed by atoms with van der Waals surface area (Å²) >= 11 is 6.11. The van der Waals surface area contributed by atoms with E-state index in [1.165, 1.54) is 10.9 Å². The molecule has 0 spiro atoms. The van der Waals surface area contributed by atoms with Gasteiger partial charge in [0.05, 0.1) is 47.0 Å². The smallest absolute Gasteiger partial charge is 0.276 e. The monoisotopic (exact) mass is 491 g/mol. The number of aryl methyl sites for hydroxylation is 1. The maximum absolute atomic E-state index is 16.0. The van der Waals surface area contributed by atoms with E-state index in [9.17, 15) is 15.3 Å². The maximum Gasteiger partial charge on any atom is 0.276 e. The Kier molecular flexibility index (Phi) is 6.23. The van der Waals surface area contributed by atoms with Gasteiger partial charge in [-0.3, -0.25) is 14.5 Å². The number of hydrogen-bond donors (Lipinski definition) is 1. The third kappa shape index (κ3) is 3.69. The first-order valence-corrected chi connectivity index (χ1v) is 11.4. The zero-order chi connectivity index (χ0) is 25.6. The molecule has 2 aliphatic heterocycles. The predicted octanol–water partition coefficient (Wildman–Crippen LogP) is 4.09. The van der Waals surface area contributed by atoms with Crippen LogP contribution in [-0.2, 0) is 20.0 Å². The van der Waals surface area contributed by atoms with Gasteiger partial charge in [-0.15, -0.1) is 0 Å². The molecule has 10 heteroatoms. The van der Waals surface area contributed by atoms with Crippen LogP contribution in [0.4, 0.5) is 4.39 Å². The summed E-state index contributed by atoms with van der Waals surface area (Å²) in [5.74, 6) is -1.53. The van der Waals surface area contributed by atoms with Gasteiger partial charge in [-0.25, -0.2) is 4.39 Å². The first kappa shape index (κ1) is 24.2. The van der Waals surface area contributed by atoms with Crippen LogP contribution in [0.3, 0.4) is 0 Å². The molecule has 1 aromatic carbocycles. The van der Waals surface area contributed by atoms with Crippen LogP contribution in [0.2, 0.25) is 5.02 Å². The summed E-state index contributed by atoms with van der Waals surface area (Å²) in [6, 6.07) is 5.98. The second kappa shape index (κ2) is 9.01. The van der Waals surface area contributed by atoms with Gasteiger partial charge >= 0.3 is 0 Å². The van der Waals surface area contributed by atoms with Crippen molar-refractivity contribution >= 4 is 23.3 Å². The van der Waals surface area contributed by atoms with E-state index in [0.29, 0.717) is 45.7 Å². The molecule has 0 radical (unpaired) electrons. The Morgan fingerprint density at radius 1 is 1.26 bits per heavy atom. The van der Waals surface area contributed by atoms with Crippen molar-refractivity contribution < 1.29 is 9.18 Å². The van der Waals surface area contributed by atoms with E-state index in [4.69, 9.17) is 11.6 Å². The SMILES string of the molecule is CCc1c(F)c(C2C(C#N)=C(C)N(C)C(C)=C2C#N)cc2c1CN=C2NC(=O)c1c(Cl)cnn1C. The minimum Gasteiger partial charge on any atom is -0.350 e. The van der Waals surface area contributed by atoms with Gasteiger partial charge in [-0.05, 0) is 37.5 Å². The van der Waals surface area contributed by atoms with E-state index in [-0.39, 0.29) is 28.7 Å². The van der Waals surface area contributed by atoms with Crippen molar-refractivity contribution in [2.75, 3.05) is 7.05 Å². The highest BCUT2D eigenvalue weighted by molar-refractivity contribution is 6.34. The lowest BCUT2D eigenvalue weighted by Crippen LogP contribution is -2.32. The van der Waals surface area contributed by atoms with Crippen LogP contribution < -0.4 is 5.32 Å². The largest absolute Gasteiger partial charge is 0.350 e. The standard InChI is InChI=1S/C25H23ClFN7O/c1-6-14-19-10-30-24(32-25(35)23-20(26)11-31-34(23)5)15(19)7-16(22(14)27)21-17(8-28)12(2)33(4)13(3)18(21)9-29/h7,11,21H,6,10H2,1-5H3,(H,30,32,35). The number of benzene rings is 1. The number of carbonyl (C=O) groups is 1. The highest BCUT2D eigenvalue weighted by Crippen LogP contribution is 2.43. The average Bonchev–Trinajstić information content (AvgIpc) is 3.38. The Morgan fingerprint density at radius 3 is 2.40 bits per heavy atom. The Labute approximate surface area is 207 Å². The molecule has 35 heavy (non-hydrogen) atoms. The number of fused-ring (bicyclic) bond motifs is 1. The van der Waals surface area contributed by atoms with Crippen LogP contribution >= 0.6 is 11.6 Å². The van der Waals surface area contributed by atoms with Gasteiger partial charge in [0.2, 0.25) is 0 Å². The number of carbonyl (C=O) groups excluding carboxylic acids is 1. The minimum absolute atomic E-state index is 0.173. The fourth-order valence-electron chi connectivity index (χ4n) is 4.71. The number of halogens is 2. The number of hydrogen-bond acceptors (Lipinski definition) is 6. The van der Waals surface area contributed by atoms with Crippen LogP contribution in [0.15, 0.2) is 39.8 Å². The van der Waals surface area contributed by atoms with Gasteiger partial charge in [0.1, 0.15) is 17.3 Å². The molecular weight excluding hydrogens is 469 g/mol. The molecule has 0 saturated heterocycles. The number of amidine groups is 1. The van der Waals surface area contributed by atoms with Crippen molar-refractivity contribution in [1.82, 2.24) is 20.0 Å². The van der Waals surface area contributed by atoms with Gasteiger partial charge < -0.3 is 10.2 Å². The van der Waals surface area contributed by atoms with Crippen molar-refractivity contribution in [3.8, 4) is 12.1 Å². The van der Waals surface area contributed by atoms with Gasteiger partial charge in [0.25, 0.3) is 5.91 Å². The normalized spacial score (nSPS) is 15.7. The van der Waals surface area contributed by atoms with Gasteiger partial charge in [0.15, 0.2) is 0 Å². The fourth-order valence-corrected chi connectivity index (χ4v) is 4.96. The molecule has 0 unspecified atom stereocenters. The van der Waals surface area contributed by atoms with Crippen molar-refractivity contribution in [3.05, 3.63) is 73.6 Å². The molecule has 2 aliphatic rings. The minimum atomic E-state index is -0.860. The number of rotatable bonds is 3. The molecule has 0 saturated carbocycles. The third-order valence-corrected chi connectivity index (χ3v) is 7.04. The quantitative estimate of drug-likeness (QED) is 0.695. The molecule has 178 valence electrons. The van der Waals surface area contributed by atoms with E-state index in [2.05, 4.69) is 27.5 Å².